The van der Waals surface area contributed by atoms with Crippen molar-refractivity contribution in [2.45, 2.75) is 43.4 Å². The van der Waals surface area contributed by atoms with Crippen molar-refractivity contribution in [2.75, 3.05) is 0 Å². The Bertz CT molecular complexity index is 532. The molecule has 0 aromatic carbocycles. The Morgan fingerprint density at radius 3 is 2.56 bits per heavy atom. The fraction of sp³-hybridized carbons (Fsp3) is 0.545. The molecule has 1 rings (SSSR count). The first-order valence-corrected chi connectivity index (χ1v) is 8.32. The van der Waals surface area contributed by atoms with Gasteiger partial charge in [0.2, 0.25) is 0 Å². The number of sulfonamides is 1. The van der Waals surface area contributed by atoms with Crippen LogP contribution in [-0.4, -0.2) is 18.9 Å². The van der Waals surface area contributed by atoms with Crippen molar-refractivity contribution < 1.29 is 8.42 Å². The van der Waals surface area contributed by atoms with Crippen LogP contribution in [0.1, 0.15) is 38.5 Å². The van der Waals surface area contributed by atoms with Crippen LogP contribution in [0, 0.1) is 0 Å². The van der Waals surface area contributed by atoms with Gasteiger partial charge in [-0.05, 0) is 32.4 Å². The predicted molar refractivity (Wildman–Crippen MR) is 79.5 cm³/mol. The lowest BCUT2D eigenvalue weighted by Crippen LogP contribution is -2.42. The van der Waals surface area contributed by atoms with Crippen molar-refractivity contribution >= 4 is 38.6 Å². The molecule has 0 aliphatic rings. The molecular formula is C11H18N2O2S3. The van der Waals surface area contributed by atoms with Gasteiger partial charge in [-0.3, -0.25) is 0 Å². The first-order valence-electron chi connectivity index (χ1n) is 5.61. The van der Waals surface area contributed by atoms with Crippen LogP contribution >= 0.6 is 23.6 Å². The van der Waals surface area contributed by atoms with Crippen LogP contribution in [0.5, 0.6) is 0 Å². The van der Waals surface area contributed by atoms with Crippen molar-refractivity contribution in [2.24, 2.45) is 5.73 Å². The summed E-state index contributed by atoms with van der Waals surface area (Å²) in [6.07, 6.45) is 1.69. The average molecular weight is 306 g/mol. The molecule has 0 atom stereocenters. The van der Waals surface area contributed by atoms with E-state index in [1.54, 1.807) is 6.07 Å². The maximum absolute atomic E-state index is 12.2. The van der Waals surface area contributed by atoms with E-state index in [1.165, 1.54) is 6.07 Å². The van der Waals surface area contributed by atoms with E-state index in [2.05, 4.69) is 4.72 Å². The quantitative estimate of drug-likeness (QED) is 0.791. The first kappa shape index (κ1) is 15.6. The summed E-state index contributed by atoms with van der Waals surface area (Å²) in [5.74, 6) is 0. The van der Waals surface area contributed by atoms with Crippen molar-refractivity contribution in [3.05, 3.63) is 17.0 Å². The maximum Gasteiger partial charge on any atom is 0.250 e. The standard InChI is InChI=1S/C11H18N2O2S3/c1-4-7-11(2,3)13-18(14,15)9-6-5-8(17-9)10(12)16/h5-6,13H,4,7H2,1-3H3,(H2,12,16). The lowest BCUT2D eigenvalue weighted by atomic mass is 10.0. The lowest BCUT2D eigenvalue weighted by Gasteiger charge is -2.24. The van der Waals surface area contributed by atoms with Gasteiger partial charge < -0.3 is 5.73 Å². The second kappa shape index (κ2) is 5.64. The Hall–Kier alpha value is -0.500. The Labute approximate surface area is 118 Å². The van der Waals surface area contributed by atoms with Crippen molar-refractivity contribution in [3.63, 3.8) is 0 Å². The summed E-state index contributed by atoms with van der Waals surface area (Å²) in [5, 5.41) is 0. The summed E-state index contributed by atoms with van der Waals surface area (Å²) in [6, 6.07) is 3.16. The molecule has 0 saturated heterocycles. The number of thiocarbonyl (C=S) groups is 1. The molecule has 1 aromatic rings. The summed E-state index contributed by atoms with van der Waals surface area (Å²) in [4.78, 5) is 0.827. The number of rotatable bonds is 6. The molecule has 7 heteroatoms. The normalized spacial score (nSPS) is 12.6. The smallest absolute Gasteiger partial charge is 0.250 e. The highest BCUT2D eigenvalue weighted by Gasteiger charge is 2.26. The number of hydrogen-bond donors (Lipinski definition) is 2. The summed E-state index contributed by atoms with van der Waals surface area (Å²) in [7, 11) is -3.50. The number of hydrogen-bond acceptors (Lipinski definition) is 4. The molecule has 3 N–H and O–H groups in total. The van der Waals surface area contributed by atoms with Crippen molar-refractivity contribution in [1.29, 1.82) is 0 Å². The van der Waals surface area contributed by atoms with Crippen LogP contribution in [0.25, 0.3) is 0 Å². The third-order valence-electron chi connectivity index (χ3n) is 2.37. The molecular weight excluding hydrogens is 288 g/mol. The minimum Gasteiger partial charge on any atom is -0.389 e. The van der Waals surface area contributed by atoms with E-state index in [0.717, 1.165) is 24.2 Å². The van der Waals surface area contributed by atoms with E-state index in [9.17, 15) is 8.42 Å². The molecule has 1 heterocycles. The van der Waals surface area contributed by atoms with Crippen LogP contribution in [0.3, 0.4) is 0 Å². The van der Waals surface area contributed by atoms with Crippen molar-refractivity contribution in [3.8, 4) is 0 Å². The molecule has 0 unspecified atom stereocenters. The minimum atomic E-state index is -3.50. The van der Waals surface area contributed by atoms with Crippen molar-refractivity contribution in [1.82, 2.24) is 4.72 Å². The number of nitrogens with one attached hydrogen (secondary N) is 1. The molecule has 1 aromatic heterocycles. The van der Waals surface area contributed by atoms with Gasteiger partial charge in [-0.1, -0.05) is 25.6 Å². The Morgan fingerprint density at radius 1 is 1.50 bits per heavy atom. The first-order chi connectivity index (χ1) is 8.18. The SMILES string of the molecule is CCCC(C)(C)NS(=O)(=O)c1ccc(C(N)=S)s1. The Balaban J connectivity index is 2.96. The predicted octanol–water partition coefficient (Wildman–Crippen LogP) is 2.24. The fourth-order valence-corrected chi connectivity index (χ4v) is 4.48. The highest BCUT2D eigenvalue weighted by Crippen LogP contribution is 2.24. The zero-order valence-corrected chi connectivity index (χ0v) is 13.1. The molecule has 0 aliphatic carbocycles. The third kappa shape index (κ3) is 4.01. The summed E-state index contributed by atoms with van der Waals surface area (Å²) >= 11 is 5.91. The zero-order valence-electron chi connectivity index (χ0n) is 10.7. The molecule has 0 bridgehead atoms. The molecule has 0 aliphatic heterocycles. The van der Waals surface area contributed by atoms with Crippen LogP contribution in [0.4, 0.5) is 0 Å². The van der Waals surface area contributed by atoms with Gasteiger partial charge in [0.25, 0.3) is 10.0 Å². The van der Waals surface area contributed by atoms with Crippen LogP contribution in [0.2, 0.25) is 0 Å². The monoisotopic (exact) mass is 306 g/mol. The second-order valence-corrected chi connectivity index (χ2v) is 8.16. The largest absolute Gasteiger partial charge is 0.389 e. The topological polar surface area (TPSA) is 72.2 Å². The molecule has 102 valence electrons. The minimum absolute atomic E-state index is 0.217. The summed E-state index contributed by atoms with van der Waals surface area (Å²) in [6.45, 7) is 5.76. The molecule has 18 heavy (non-hydrogen) atoms. The van der Waals surface area contributed by atoms with Crippen LogP contribution < -0.4 is 10.5 Å². The van der Waals surface area contributed by atoms with Gasteiger partial charge in [-0.2, -0.15) is 0 Å². The molecule has 0 saturated carbocycles. The zero-order chi connectivity index (χ0) is 14.0. The Morgan fingerprint density at radius 2 is 2.11 bits per heavy atom. The van der Waals surface area contributed by atoms with E-state index in [4.69, 9.17) is 18.0 Å². The third-order valence-corrected chi connectivity index (χ3v) is 6.03. The summed E-state index contributed by atoms with van der Waals surface area (Å²) in [5.41, 5.74) is 5.01. The van der Waals surface area contributed by atoms with E-state index in [1.807, 2.05) is 20.8 Å². The van der Waals surface area contributed by atoms with Gasteiger partial charge in [0, 0.05) is 5.54 Å². The van der Waals surface area contributed by atoms with Gasteiger partial charge in [0.05, 0.1) is 4.88 Å². The molecule has 0 radical (unpaired) electrons. The van der Waals surface area contributed by atoms with Gasteiger partial charge in [-0.25, -0.2) is 13.1 Å². The second-order valence-electron chi connectivity index (χ2n) is 4.72. The highest BCUT2D eigenvalue weighted by molar-refractivity contribution is 7.91. The number of thiophene rings is 1. The van der Waals surface area contributed by atoms with E-state index in [-0.39, 0.29) is 9.20 Å². The Kier molecular flexibility index (Phi) is 4.88. The highest BCUT2D eigenvalue weighted by atomic mass is 32.2. The molecule has 0 fully saturated rings. The molecule has 0 spiro atoms. The lowest BCUT2D eigenvalue weighted by molar-refractivity contribution is 0.418. The van der Waals surface area contributed by atoms with E-state index >= 15 is 0 Å². The molecule has 0 amide bonds. The number of nitrogens with two attached hydrogens (primary N) is 1. The van der Waals surface area contributed by atoms with Gasteiger partial charge in [-0.15, -0.1) is 11.3 Å². The summed E-state index contributed by atoms with van der Waals surface area (Å²) < 4.78 is 27.3. The van der Waals surface area contributed by atoms with E-state index < -0.39 is 15.6 Å². The molecule has 4 nitrogen and oxygen atoms in total. The maximum atomic E-state index is 12.2. The van der Waals surface area contributed by atoms with Gasteiger partial charge in [0.1, 0.15) is 9.20 Å². The van der Waals surface area contributed by atoms with Gasteiger partial charge >= 0.3 is 0 Å². The van der Waals surface area contributed by atoms with E-state index in [0.29, 0.717) is 4.88 Å². The van der Waals surface area contributed by atoms with Crippen LogP contribution in [0.15, 0.2) is 16.3 Å². The average Bonchev–Trinajstić information content (AvgIpc) is 2.64. The fourth-order valence-electron chi connectivity index (χ4n) is 1.69. The van der Waals surface area contributed by atoms with Gasteiger partial charge in [0.15, 0.2) is 0 Å². The van der Waals surface area contributed by atoms with Crippen LogP contribution in [-0.2, 0) is 10.0 Å².